The summed E-state index contributed by atoms with van der Waals surface area (Å²) in [4.78, 5) is 22.3. The Labute approximate surface area is 103 Å². The monoisotopic (exact) mass is 340 g/mol. The molecule has 0 aromatic heterocycles. The Morgan fingerprint density at radius 1 is 0.933 bits per heavy atom. The van der Waals surface area contributed by atoms with Crippen LogP contribution in [0.1, 0.15) is 6.42 Å². The van der Waals surface area contributed by atoms with Crippen LogP contribution in [0.3, 0.4) is 0 Å². The minimum absolute atomic E-state index is 0.0687. The van der Waals surface area contributed by atoms with Crippen molar-refractivity contribution in [2.75, 3.05) is 0 Å². The van der Waals surface area contributed by atoms with Crippen molar-refractivity contribution in [3.8, 4) is 0 Å². The van der Waals surface area contributed by atoms with E-state index in [1.807, 2.05) is 0 Å². The Balaban J connectivity index is 2.32. The molecule has 0 saturated heterocycles. The molecule has 4 nitrogen and oxygen atoms in total. The number of fused-ring (bicyclic) bond motifs is 2. The molecule has 0 aromatic carbocycles. The molecule has 0 heterocycles. The lowest BCUT2D eigenvalue weighted by atomic mass is 9.79. The van der Waals surface area contributed by atoms with Crippen LogP contribution >= 0.6 is 31.9 Å². The Hall–Kier alpha value is -0.100. The number of rotatable bonds is 2. The van der Waals surface area contributed by atoms with Crippen LogP contribution < -0.4 is 0 Å². The van der Waals surface area contributed by atoms with Gasteiger partial charge in [0.2, 0.25) is 0 Å². The van der Waals surface area contributed by atoms with E-state index in [1.165, 1.54) is 0 Å². The fourth-order valence-electron chi connectivity index (χ4n) is 2.94. The van der Waals surface area contributed by atoms with E-state index in [0.29, 0.717) is 6.42 Å². The smallest absolute Gasteiger partial charge is 0.307 e. The van der Waals surface area contributed by atoms with E-state index >= 15 is 0 Å². The lowest BCUT2D eigenvalue weighted by Gasteiger charge is -2.31. The fraction of sp³-hybridized carbons (Fsp3) is 0.778. The van der Waals surface area contributed by atoms with E-state index < -0.39 is 23.8 Å². The number of aliphatic carboxylic acids is 2. The SMILES string of the molecule is O=C(O)[C@@H]1[C@H]2C[C@@H]([C@@H](Br)[C@H]2Br)[C@@H]1C(=O)O. The lowest BCUT2D eigenvalue weighted by molar-refractivity contribution is -0.155. The van der Waals surface area contributed by atoms with E-state index in [4.69, 9.17) is 10.2 Å². The molecule has 2 rings (SSSR count). The Morgan fingerprint density at radius 2 is 1.27 bits per heavy atom. The molecule has 2 fully saturated rings. The third-order valence-corrected chi connectivity index (χ3v) is 6.75. The number of halogens is 2. The van der Waals surface area contributed by atoms with Crippen molar-refractivity contribution in [1.29, 1.82) is 0 Å². The molecule has 0 aromatic rings. The summed E-state index contributed by atoms with van der Waals surface area (Å²) in [5, 5.41) is 18.1. The highest BCUT2D eigenvalue weighted by molar-refractivity contribution is 9.12. The summed E-state index contributed by atoms with van der Waals surface area (Å²) >= 11 is 6.89. The summed E-state index contributed by atoms with van der Waals surface area (Å²) in [6.45, 7) is 0. The first kappa shape index (κ1) is 11.4. The summed E-state index contributed by atoms with van der Waals surface area (Å²) in [5.74, 6) is -3.61. The van der Waals surface area contributed by atoms with Gasteiger partial charge in [-0.25, -0.2) is 0 Å². The number of carboxylic acid groups (broad SMARTS) is 2. The minimum atomic E-state index is -0.987. The molecule has 2 N–H and O–H groups in total. The van der Waals surface area contributed by atoms with Gasteiger partial charge in [0.05, 0.1) is 11.8 Å². The molecule has 2 aliphatic rings. The van der Waals surface area contributed by atoms with Gasteiger partial charge in [0, 0.05) is 9.65 Å². The topological polar surface area (TPSA) is 74.6 Å². The van der Waals surface area contributed by atoms with E-state index in [0.717, 1.165) is 0 Å². The van der Waals surface area contributed by atoms with E-state index in [1.54, 1.807) is 0 Å². The molecule has 0 spiro atoms. The first-order valence-electron chi connectivity index (χ1n) is 4.69. The maximum absolute atomic E-state index is 11.1. The summed E-state index contributed by atoms with van der Waals surface area (Å²) < 4.78 is 0. The molecule has 2 bridgehead atoms. The van der Waals surface area contributed by atoms with Crippen molar-refractivity contribution in [2.24, 2.45) is 23.7 Å². The van der Waals surface area contributed by atoms with Gasteiger partial charge >= 0.3 is 11.9 Å². The summed E-state index contributed by atoms with van der Waals surface area (Å²) in [6.07, 6.45) is 0.680. The van der Waals surface area contributed by atoms with Gasteiger partial charge in [0.25, 0.3) is 0 Å². The molecule has 2 aliphatic carbocycles. The van der Waals surface area contributed by atoms with Crippen LogP contribution in [0.15, 0.2) is 0 Å². The molecule has 0 amide bonds. The summed E-state index contributed by atoms with van der Waals surface area (Å²) in [7, 11) is 0. The number of alkyl halides is 2. The fourth-order valence-corrected chi connectivity index (χ4v) is 4.82. The molecule has 15 heavy (non-hydrogen) atoms. The zero-order valence-corrected chi connectivity index (χ0v) is 10.8. The van der Waals surface area contributed by atoms with Crippen LogP contribution in [0, 0.1) is 23.7 Å². The average Bonchev–Trinajstić information content (AvgIpc) is 2.64. The molecule has 2 saturated carbocycles. The molecule has 0 radical (unpaired) electrons. The normalized spacial score (nSPS) is 48.1. The van der Waals surface area contributed by atoms with Crippen LogP contribution in [0.5, 0.6) is 0 Å². The van der Waals surface area contributed by atoms with Crippen molar-refractivity contribution in [1.82, 2.24) is 0 Å². The van der Waals surface area contributed by atoms with Gasteiger partial charge in [-0.2, -0.15) is 0 Å². The Kier molecular flexibility index (Phi) is 2.83. The third kappa shape index (κ3) is 1.53. The Bertz CT molecular complexity index is 289. The second kappa shape index (κ2) is 3.73. The maximum Gasteiger partial charge on any atom is 0.307 e. The van der Waals surface area contributed by atoms with Crippen molar-refractivity contribution < 1.29 is 19.8 Å². The minimum Gasteiger partial charge on any atom is -0.481 e. The van der Waals surface area contributed by atoms with E-state index in [-0.39, 0.29) is 21.5 Å². The highest BCUT2D eigenvalue weighted by atomic mass is 79.9. The number of carbonyl (C=O) groups is 2. The highest BCUT2D eigenvalue weighted by Gasteiger charge is 2.61. The van der Waals surface area contributed by atoms with Gasteiger partial charge in [-0.3, -0.25) is 9.59 Å². The standard InChI is InChI=1S/C9H10Br2O4/c10-6-2-1-3(7(6)11)5(9(14)15)4(2)8(12)13/h2-7H,1H2,(H,12,13)(H,14,15)/t2-,3-,4-,5+,6+,7-/m1/s1. The van der Waals surface area contributed by atoms with Crippen molar-refractivity contribution in [3.63, 3.8) is 0 Å². The molecule has 6 atom stereocenters. The predicted octanol–water partition coefficient (Wildman–Crippen LogP) is 1.56. The van der Waals surface area contributed by atoms with Gasteiger partial charge < -0.3 is 10.2 Å². The zero-order valence-electron chi connectivity index (χ0n) is 7.64. The molecular formula is C9H10Br2O4. The number of hydrogen-bond acceptors (Lipinski definition) is 2. The molecule has 0 aliphatic heterocycles. The maximum atomic E-state index is 11.1. The molecule has 6 heteroatoms. The van der Waals surface area contributed by atoms with Gasteiger partial charge in [-0.15, -0.1) is 0 Å². The van der Waals surface area contributed by atoms with Crippen LogP contribution in [-0.2, 0) is 9.59 Å². The Morgan fingerprint density at radius 3 is 1.53 bits per heavy atom. The first-order valence-corrected chi connectivity index (χ1v) is 6.52. The third-order valence-electron chi connectivity index (χ3n) is 3.55. The van der Waals surface area contributed by atoms with Gasteiger partial charge in [0.1, 0.15) is 0 Å². The van der Waals surface area contributed by atoms with Crippen LogP contribution in [0.4, 0.5) is 0 Å². The quantitative estimate of drug-likeness (QED) is 0.747. The van der Waals surface area contributed by atoms with E-state index in [9.17, 15) is 9.59 Å². The highest BCUT2D eigenvalue weighted by Crippen LogP contribution is 2.57. The molecule has 84 valence electrons. The first-order chi connectivity index (χ1) is 6.95. The number of hydrogen-bond donors (Lipinski definition) is 2. The van der Waals surface area contributed by atoms with Crippen LogP contribution in [-0.4, -0.2) is 31.8 Å². The average molecular weight is 342 g/mol. The van der Waals surface area contributed by atoms with Crippen LogP contribution in [0.2, 0.25) is 0 Å². The molecule has 0 unspecified atom stereocenters. The summed E-state index contributed by atoms with van der Waals surface area (Å²) in [5.41, 5.74) is 0. The largest absolute Gasteiger partial charge is 0.481 e. The zero-order chi connectivity index (χ0) is 11.3. The van der Waals surface area contributed by atoms with E-state index in [2.05, 4.69) is 31.9 Å². The lowest BCUT2D eigenvalue weighted by Crippen LogP contribution is -2.43. The second-order valence-electron chi connectivity index (χ2n) is 4.18. The van der Waals surface area contributed by atoms with Crippen molar-refractivity contribution >= 4 is 43.8 Å². The van der Waals surface area contributed by atoms with Gasteiger partial charge in [0.15, 0.2) is 0 Å². The second-order valence-corrected chi connectivity index (χ2v) is 6.29. The summed E-state index contributed by atoms with van der Waals surface area (Å²) in [6, 6.07) is 0. The van der Waals surface area contributed by atoms with Gasteiger partial charge in [-0.1, -0.05) is 31.9 Å². The molecular weight excluding hydrogens is 332 g/mol. The predicted molar refractivity (Wildman–Crippen MR) is 59.3 cm³/mol. The van der Waals surface area contributed by atoms with Crippen molar-refractivity contribution in [2.45, 2.75) is 16.1 Å². The number of carboxylic acids is 2. The van der Waals surface area contributed by atoms with Crippen molar-refractivity contribution in [3.05, 3.63) is 0 Å². The van der Waals surface area contributed by atoms with Crippen LogP contribution in [0.25, 0.3) is 0 Å². The van der Waals surface area contributed by atoms with Gasteiger partial charge in [-0.05, 0) is 18.3 Å².